The summed E-state index contributed by atoms with van der Waals surface area (Å²) in [4.78, 5) is 15.8. The third-order valence-corrected chi connectivity index (χ3v) is 6.88. The van der Waals surface area contributed by atoms with Gasteiger partial charge in [-0.1, -0.05) is 35.9 Å². The number of anilines is 1. The van der Waals surface area contributed by atoms with Crippen molar-refractivity contribution in [1.82, 2.24) is 4.98 Å². The summed E-state index contributed by atoms with van der Waals surface area (Å²) in [5.41, 5.74) is 2.15. The Hall–Kier alpha value is -3.58. The van der Waals surface area contributed by atoms with Gasteiger partial charge in [0.1, 0.15) is 5.75 Å². The zero-order chi connectivity index (χ0) is 22.0. The number of methoxy groups -OCH3 is 1. The molecule has 0 saturated carbocycles. The molecule has 0 spiro atoms. The van der Waals surface area contributed by atoms with Crippen molar-refractivity contribution in [3.8, 4) is 5.75 Å². The van der Waals surface area contributed by atoms with E-state index >= 15 is 0 Å². The molecule has 1 aromatic heterocycles. The molecule has 0 aliphatic heterocycles. The van der Waals surface area contributed by atoms with Crippen molar-refractivity contribution in [2.24, 2.45) is 0 Å². The van der Waals surface area contributed by atoms with Crippen LogP contribution in [-0.4, -0.2) is 20.5 Å². The van der Waals surface area contributed by atoms with E-state index in [0.29, 0.717) is 22.5 Å². The number of rotatable bonds is 6. The number of aryl methyl sites for hydroxylation is 1. The first-order valence-corrected chi connectivity index (χ1v) is 11.2. The average molecular weight is 435 g/mol. The van der Waals surface area contributed by atoms with Gasteiger partial charge in [0.05, 0.1) is 24.2 Å². The lowest BCUT2D eigenvalue weighted by atomic mass is 10.1. The van der Waals surface area contributed by atoms with Gasteiger partial charge in [0.2, 0.25) is 0 Å². The van der Waals surface area contributed by atoms with Crippen molar-refractivity contribution >= 4 is 26.6 Å². The highest BCUT2D eigenvalue weighted by Crippen LogP contribution is 2.27. The van der Waals surface area contributed by atoms with Crippen LogP contribution in [0.4, 0.5) is 5.69 Å². The highest BCUT2D eigenvalue weighted by atomic mass is 32.2. The largest absolute Gasteiger partial charge is 0.497 e. The molecule has 4 aromatic rings. The minimum absolute atomic E-state index is 0.108. The number of fused-ring (bicyclic) bond motifs is 1. The van der Waals surface area contributed by atoms with Crippen LogP contribution in [0.2, 0.25) is 0 Å². The molecule has 1 N–H and O–H groups in total. The molecule has 0 saturated heterocycles. The fraction of sp³-hybridized carbons (Fsp3) is 0.125. The molecule has 0 unspecified atom stereocenters. The molecule has 3 aromatic carbocycles. The summed E-state index contributed by atoms with van der Waals surface area (Å²) in [7, 11) is -2.32. The van der Waals surface area contributed by atoms with Crippen LogP contribution < -0.4 is 14.6 Å². The van der Waals surface area contributed by atoms with Gasteiger partial charge < -0.3 is 9.72 Å². The summed E-state index contributed by atoms with van der Waals surface area (Å²) < 4.78 is 33.5. The number of pyridine rings is 1. The van der Waals surface area contributed by atoms with Gasteiger partial charge in [0.25, 0.3) is 15.6 Å². The summed E-state index contributed by atoms with van der Waals surface area (Å²) in [5.74, 6) is 0.651. The van der Waals surface area contributed by atoms with Gasteiger partial charge >= 0.3 is 0 Å². The third kappa shape index (κ3) is 4.18. The van der Waals surface area contributed by atoms with Crippen molar-refractivity contribution in [2.75, 3.05) is 11.4 Å². The van der Waals surface area contributed by atoms with Gasteiger partial charge in [0, 0.05) is 16.5 Å². The Balaban J connectivity index is 1.84. The van der Waals surface area contributed by atoms with Crippen LogP contribution in [-0.2, 0) is 16.6 Å². The van der Waals surface area contributed by atoms with E-state index in [0.717, 1.165) is 10.9 Å². The highest BCUT2D eigenvalue weighted by molar-refractivity contribution is 7.92. The maximum absolute atomic E-state index is 13.5. The van der Waals surface area contributed by atoms with Crippen molar-refractivity contribution < 1.29 is 13.2 Å². The van der Waals surface area contributed by atoms with Crippen LogP contribution in [0.25, 0.3) is 10.9 Å². The van der Waals surface area contributed by atoms with Gasteiger partial charge in [0.15, 0.2) is 0 Å². The average Bonchev–Trinajstić information content (AvgIpc) is 2.78. The zero-order valence-corrected chi connectivity index (χ0v) is 18.0. The molecule has 0 atom stereocenters. The Kier molecular flexibility index (Phi) is 5.52. The number of benzene rings is 3. The topological polar surface area (TPSA) is 79.5 Å². The number of aromatic amines is 1. The molecular weight excluding hydrogens is 412 g/mol. The Morgan fingerprint density at radius 1 is 0.935 bits per heavy atom. The first-order valence-electron chi connectivity index (χ1n) is 9.73. The van der Waals surface area contributed by atoms with E-state index in [4.69, 9.17) is 4.74 Å². The molecular formula is C24H22N2O4S. The monoisotopic (exact) mass is 434 g/mol. The molecule has 4 rings (SSSR count). The quantitative estimate of drug-likeness (QED) is 0.492. The zero-order valence-electron chi connectivity index (χ0n) is 17.2. The van der Waals surface area contributed by atoms with E-state index in [1.165, 1.54) is 4.31 Å². The van der Waals surface area contributed by atoms with E-state index < -0.39 is 10.0 Å². The van der Waals surface area contributed by atoms with Crippen molar-refractivity contribution in [3.63, 3.8) is 0 Å². The summed E-state index contributed by atoms with van der Waals surface area (Å²) in [5, 5.41) is 0.759. The van der Waals surface area contributed by atoms with Crippen LogP contribution in [0.3, 0.4) is 0 Å². The van der Waals surface area contributed by atoms with E-state index in [1.54, 1.807) is 73.8 Å². The van der Waals surface area contributed by atoms with Gasteiger partial charge in [-0.2, -0.15) is 0 Å². The summed E-state index contributed by atoms with van der Waals surface area (Å²) in [6.07, 6.45) is 0. The maximum Gasteiger partial charge on any atom is 0.264 e. The molecule has 0 aliphatic carbocycles. The van der Waals surface area contributed by atoms with Crippen LogP contribution >= 0.6 is 0 Å². The normalized spacial score (nSPS) is 11.4. The van der Waals surface area contributed by atoms with Gasteiger partial charge in [-0.15, -0.1) is 0 Å². The Morgan fingerprint density at radius 3 is 2.32 bits per heavy atom. The predicted molar refractivity (Wildman–Crippen MR) is 122 cm³/mol. The van der Waals surface area contributed by atoms with Crippen LogP contribution in [0.15, 0.2) is 88.6 Å². The molecule has 6 nitrogen and oxygen atoms in total. The standard InChI is InChI=1S/C24H22N2O4S/c1-17-8-10-20(11-9-17)26(31(28,29)22-6-4-3-5-7-22)16-19-14-18-15-21(30-2)12-13-23(18)25-24(19)27/h3-15H,16H2,1-2H3,(H,25,27). The van der Waals surface area contributed by atoms with Crippen LogP contribution in [0, 0.1) is 6.92 Å². The second-order valence-corrected chi connectivity index (χ2v) is 9.10. The fourth-order valence-electron chi connectivity index (χ4n) is 3.37. The molecule has 158 valence electrons. The number of nitrogens with one attached hydrogen (secondary N) is 1. The van der Waals surface area contributed by atoms with Crippen molar-refractivity contribution in [1.29, 1.82) is 0 Å². The molecule has 1 heterocycles. The number of hydrogen-bond acceptors (Lipinski definition) is 4. The molecule has 31 heavy (non-hydrogen) atoms. The first-order chi connectivity index (χ1) is 14.9. The Morgan fingerprint density at radius 2 is 1.65 bits per heavy atom. The lowest BCUT2D eigenvalue weighted by Gasteiger charge is -2.24. The second kappa shape index (κ2) is 8.28. The maximum atomic E-state index is 13.5. The third-order valence-electron chi connectivity index (χ3n) is 5.10. The number of ether oxygens (including phenoxy) is 1. The van der Waals surface area contributed by atoms with Gasteiger partial charge in [-0.25, -0.2) is 8.42 Å². The number of H-pyrrole nitrogens is 1. The van der Waals surface area contributed by atoms with Crippen LogP contribution in [0.1, 0.15) is 11.1 Å². The molecule has 7 heteroatoms. The van der Waals surface area contributed by atoms with E-state index in [2.05, 4.69) is 4.98 Å². The minimum Gasteiger partial charge on any atom is -0.497 e. The SMILES string of the molecule is COc1ccc2[nH]c(=O)c(CN(c3ccc(C)cc3)S(=O)(=O)c3ccccc3)cc2c1. The molecule has 0 amide bonds. The highest BCUT2D eigenvalue weighted by Gasteiger charge is 2.26. The van der Waals surface area contributed by atoms with E-state index in [-0.39, 0.29) is 17.0 Å². The number of hydrogen-bond donors (Lipinski definition) is 1. The number of nitrogens with zero attached hydrogens (tertiary/aromatic N) is 1. The van der Waals surface area contributed by atoms with Gasteiger partial charge in [-0.05, 0) is 55.5 Å². The molecule has 0 bridgehead atoms. The van der Waals surface area contributed by atoms with E-state index in [9.17, 15) is 13.2 Å². The van der Waals surface area contributed by atoms with Crippen LogP contribution in [0.5, 0.6) is 5.75 Å². The predicted octanol–water partition coefficient (Wildman–Crippen LogP) is 4.24. The summed E-state index contributed by atoms with van der Waals surface area (Å²) >= 11 is 0. The van der Waals surface area contributed by atoms with Crippen molar-refractivity contribution in [2.45, 2.75) is 18.4 Å². The second-order valence-electron chi connectivity index (χ2n) is 7.24. The first kappa shape index (κ1) is 20.7. The lowest BCUT2D eigenvalue weighted by Crippen LogP contribution is -2.33. The fourth-order valence-corrected chi connectivity index (χ4v) is 4.84. The Bertz CT molecular complexity index is 1380. The summed E-state index contributed by atoms with van der Waals surface area (Å²) in [6, 6.07) is 22.4. The molecule has 0 fully saturated rings. The molecule has 0 radical (unpaired) electrons. The van der Waals surface area contributed by atoms with Gasteiger partial charge in [-0.3, -0.25) is 9.10 Å². The number of sulfonamides is 1. The minimum atomic E-state index is -3.89. The lowest BCUT2D eigenvalue weighted by molar-refractivity contribution is 0.415. The summed E-state index contributed by atoms with van der Waals surface area (Å²) in [6.45, 7) is 1.82. The Labute approximate surface area is 180 Å². The van der Waals surface area contributed by atoms with E-state index in [1.807, 2.05) is 19.1 Å². The number of aromatic nitrogens is 1. The molecule has 0 aliphatic rings. The smallest absolute Gasteiger partial charge is 0.264 e. The van der Waals surface area contributed by atoms with Crippen molar-refractivity contribution in [3.05, 3.63) is 100 Å².